The van der Waals surface area contributed by atoms with E-state index in [1.165, 1.54) is 4.68 Å². The first-order valence-electron chi connectivity index (χ1n) is 4.59. The van der Waals surface area contributed by atoms with Gasteiger partial charge >= 0.3 is 0 Å². The van der Waals surface area contributed by atoms with Gasteiger partial charge in [-0.05, 0) is 13.8 Å². The minimum Gasteiger partial charge on any atom is -0.268 e. The number of nitrogens with one attached hydrogen (secondary N) is 1. The predicted octanol–water partition coefficient (Wildman–Crippen LogP) is 0.948. The average molecular weight is 229 g/mol. The zero-order chi connectivity index (χ0) is 11.4. The fourth-order valence-electron chi connectivity index (χ4n) is 1.16. The van der Waals surface area contributed by atoms with Crippen LogP contribution in [0.25, 0.3) is 0 Å². The normalized spacial score (nSPS) is 11.1. The zero-order valence-corrected chi connectivity index (χ0v) is 9.47. The Balaban J connectivity index is 3.16. The van der Waals surface area contributed by atoms with Crippen LogP contribution in [0.2, 0.25) is 0 Å². The van der Waals surface area contributed by atoms with Gasteiger partial charge in [-0.15, -0.1) is 11.6 Å². The standard InChI is InChI=1S/C10H13ClN2O2/c1-7-8(2)10(15)13(12-9(7)14)6-4-3-5-11/h3-4H,5-6H2,1-2H3,(H,12,14). The smallest absolute Gasteiger partial charge is 0.268 e. The molecule has 1 N–H and O–H groups in total. The highest BCUT2D eigenvalue weighted by Crippen LogP contribution is 1.91. The molecule has 0 aliphatic carbocycles. The van der Waals surface area contributed by atoms with Crippen molar-refractivity contribution in [1.82, 2.24) is 9.78 Å². The van der Waals surface area contributed by atoms with E-state index in [1.54, 1.807) is 26.0 Å². The SMILES string of the molecule is Cc1c(C)c(=O)n(CC=CCCl)[nH]c1=O. The summed E-state index contributed by atoms with van der Waals surface area (Å²) in [5.41, 5.74) is 0.549. The van der Waals surface area contributed by atoms with Gasteiger partial charge < -0.3 is 0 Å². The number of hydrogen-bond donors (Lipinski definition) is 1. The Bertz CT molecular complexity index is 485. The third-order valence-corrected chi connectivity index (χ3v) is 2.43. The summed E-state index contributed by atoms with van der Waals surface area (Å²) in [6, 6.07) is 0. The Kier molecular flexibility index (Phi) is 3.91. The molecule has 0 radical (unpaired) electrons. The number of nitrogens with zero attached hydrogens (tertiary/aromatic N) is 1. The van der Waals surface area contributed by atoms with E-state index in [4.69, 9.17) is 11.6 Å². The van der Waals surface area contributed by atoms with E-state index in [-0.39, 0.29) is 11.1 Å². The van der Waals surface area contributed by atoms with Crippen LogP contribution in [0.1, 0.15) is 11.1 Å². The van der Waals surface area contributed by atoms with Gasteiger partial charge in [0.25, 0.3) is 11.1 Å². The van der Waals surface area contributed by atoms with Crippen LogP contribution >= 0.6 is 11.6 Å². The zero-order valence-electron chi connectivity index (χ0n) is 8.71. The van der Waals surface area contributed by atoms with Crippen LogP contribution < -0.4 is 11.1 Å². The highest BCUT2D eigenvalue weighted by Gasteiger charge is 2.05. The molecule has 15 heavy (non-hydrogen) atoms. The lowest BCUT2D eigenvalue weighted by Crippen LogP contribution is -2.32. The molecular weight excluding hydrogens is 216 g/mol. The fourth-order valence-corrected chi connectivity index (χ4v) is 1.29. The number of H-pyrrole nitrogens is 1. The molecule has 0 spiro atoms. The second-order valence-corrected chi connectivity index (χ2v) is 3.54. The largest absolute Gasteiger partial charge is 0.268 e. The van der Waals surface area contributed by atoms with Crippen LogP contribution in [0.3, 0.4) is 0 Å². The van der Waals surface area contributed by atoms with Gasteiger partial charge in [0.15, 0.2) is 0 Å². The summed E-state index contributed by atoms with van der Waals surface area (Å²) in [4.78, 5) is 23.0. The molecule has 0 aromatic carbocycles. The second-order valence-electron chi connectivity index (χ2n) is 3.23. The van der Waals surface area contributed by atoms with Gasteiger partial charge in [-0.3, -0.25) is 14.7 Å². The van der Waals surface area contributed by atoms with E-state index in [0.717, 1.165) is 0 Å². The summed E-state index contributed by atoms with van der Waals surface area (Å²) >= 11 is 5.45. The summed E-state index contributed by atoms with van der Waals surface area (Å²) in [5.74, 6) is 0.393. The Hall–Kier alpha value is -1.29. The summed E-state index contributed by atoms with van der Waals surface area (Å²) in [6.07, 6.45) is 3.46. The maximum atomic E-state index is 11.7. The number of aromatic nitrogens is 2. The van der Waals surface area contributed by atoms with Crippen LogP contribution in [-0.4, -0.2) is 15.7 Å². The quantitative estimate of drug-likeness (QED) is 0.619. The molecule has 0 aliphatic heterocycles. The van der Waals surface area contributed by atoms with Crippen molar-refractivity contribution in [1.29, 1.82) is 0 Å². The van der Waals surface area contributed by atoms with Crippen molar-refractivity contribution in [2.75, 3.05) is 5.88 Å². The lowest BCUT2D eigenvalue weighted by molar-refractivity contribution is 0.629. The van der Waals surface area contributed by atoms with Gasteiger partial charge in [0.05, 0.1) is 6.54 Å². The van der Waals surface area contributed by atoms with Crippen molar-refractivity contribution in [3.05, 3.63) is 44.0 Å². The molecule has 1 heterocycles. The molecule has 0 unspecified atom stereocenters. The number of hydrogen-bond acceptors (Lipinski definition) is 2. The van der Waals surface area contributed by atoms with E-state index in [1.807, 2.05) is 0 Å². The number of rotatable bonds is 3. The molecule has 1 rings (SSSR count). The maximum absolute atomic E-state index is 11.7. The van der Waals surface area contributed by atoms with E-state index >= 15 is 0 Å². The Morgan fingerprint density at radius 3 is 2.53 bits per heavy atom. The first-order chi connectivity index (χ1) is 7.07. The molecule has 0 amide bonds. The molecule has 5 heteroatoms. The minimum absolute atomic E-state index is 0.175. The van der Waals surface area contributed by atoms with E-state index in [2.05, 4.69) is 5.10 Å². The molecule has 4 nitrogen and oxygen atoms in total. The van der Waals surface area contributed by atoms with Gasteiger partial charge in [-0.2, -0.15) is 0 Å². The van der Waals surface area contributed by atoms with Gasteiger partial charge in [0.2, 0.25) is 0 Å². The van der Waals surface area contributed by atoms with Gasteiger partial charge in [0, 0.05) is 17.0 Å². The molecule has 0 saturated heterocycles. The molecule has 0 saturated carbocycles. The first kappa shape index (κ1) is 11.8. The highest BCUT2D eigenvalue weighted by atomic mass is 35.5. The maximum Gasteiger partial charge on any atom is 0.268 e. The Morgan fingerprint density at radius 2 is 1.93 bits per heavy atom. The number of aromatic amines is 1. The number of allylic oxidation sites excluding steroid dienone is 2. The van der Waals surface area contributed by atoms with Gasteiger partial charge in [-0.25, -0.2) is 4.68 Å². The highest BCUT2D eigenvalue weighted by molar-refractivity contribution is 6.18. The first-order valence-corrected chi connectivity index (χ1v) is 5.12. The summed E-state index contributed by atoms with van der Waals surface area (Å²) in [5, 5.41) is 2.50. The Morgan fingerprint density at radius 1 is 1.27 bits per heavy atom. The molecule has 1 aromatic heterocycles. The van der Waals surface area contributed by atoms with Gasteiger partial charge in [0.1, 0.15) is 0 Å². The average Bonchev–Trinajstić information content (AvgIpc) is 2.23. The third kappa shape index (κ3) is 2.59. The summed E-state index contributed by atoms with van der Waals surface area (Å²) in [7, 11) is 0. The topological polar surface area (TPSA) is 54.9 Å². The van der Waals surface area contributed by atoms with Crippen LogP contribution in [-0.2, 0) is 6.54 Å². The molecule has 0 fully saturated rings. The lowest BCUT2D eigenvalue weighted by atomic mass is 10.2. The molecule has 0 aliphatic rings. The van der Waals surface area contributed by atoms with Crippen molar-refractivity contribution in [3.8, 4) is 0 Å². The van der Waals surface area contributed by atoms with Crippen molar-refractivity contribution in [3.63, 3.8) is 0 Å². The fraction of sp³-hybridized carbons (Fsp3) is 0.400. The van der Waals surface area contributed by atoms with Crippen molar-refractivity contribution < 1.29 is 0 Å². The van der Waals surface area contributed by atoms with Gasteiger partial charge in [-0.1, -0.05) is 12.2 Å². The van der Waals surface area contributed by atoms with Crippen LogP contribution in [0.15, 0.2) is 21.7 Å². The second kappa shape index (κ2) is 4.98. The molecule has 82 valence electrons. The van der Waals surface area contributed by atoms with Crippen LogP contribution in [0, 0.1) is 13.8 Å². The monoisotopic (exact) mass is 228 g/mol. The van der Waals surface area contributed by atoms with Crippen molar-refractivity contribution >= 4 is 11.6 Å². The summed E-state index contributed by atoms with van der Waals surface area (Å²) in [6.45, 7) is 3.62. The molecule has 0 bridgehead atoms. The predicted molar refractivity (Wildman–Crippen MR) is 60.7 cm³/mol. The van der Waals surface area contributed by atoms with E-state index in [0.29, 0.717) is 23.6 Å². The van der Waals surface area contributed by atoms with Crippen molar-refractivity contribution in [2.24, 2.45) is 0 Å². The molecule has 1 aromatic rings. The lowest BCUT2D eigenvalue weighted by Gasteiger charge is -2.04. The Labute approximate surface area is 92.2 Å². The third-order valence-electron chi connectivity index (χ3n) is 2.25. The van der Waals surface area contributed by atoms with E-state index < -0.39 is 0 Å². The van der Waals surface area contributed by atoms with Crippen LogP contribution in [0.4, 0.5) is 0 Å². The summed E-state index contributed by atoms with van der Waals surface area (Å²) < 4.78 is 1.27. The number of alkyl halides is 1. The van der Waals surface area contributed by atoms with E-state index in [9.17, 15) is 9.59 Å². The molecular formula is C10H13ClN2O2. The minimum atomic E-state index is -0.230. The van der Waals surface area contributed by atoms with Crippen LogP contribution in [0.5, 0.6) is 0 Å². The molecule has 0 atom stereocenters. The van der Waals surface area contributed by atoms with Crippen molar-refractivity contribution in [2.45, 2.75) is 20.4 Å². The number of halogens is 1.